The van der Waals surface area contributed by atoms with E-state index in [0.717, 1.165) is 60.8 Å². The molecular formula is C41H25N5O. The van der Waals surface area contributed by atoms with E-state index in [0.29, 0.717) is 16.9 Å². The highest BCUT2D eigenvalue weighted by atomic mass is 16.1. The van der Waals surface area contributed by atoms with Crippen LogP contribution in [-0.4, -0.2) is 23.5 Å². The van der Waals surface area contributed by atoms with Crippen molar-refractivity contribution in [2.75, 3.05) is 0 Å². The Morgan fingerprint density at radius 1 is 0.468 bits per heavy atom. The van der Waals surface area contributed by atoms with Crippen molar-refractivity contribution in [1.29, 1.82) is 0 Å². The van der Waals surface area contributed by atoms with Gasteiger partial charge in [-0.1, -0.05) is 91.0 Å². The van der Waals surface area contributed by atoms with Gasteiger partial charge >= 0.3 is 0 Å². The lowest BCUT2D eigenvalue weighted by Gasteiger charge is -2.16. The van der Waals surface area contributed by atoms with Crippen LogP contribution in [0.1, 0.15) is 0 Å². The summed E-state index contributed by atoms with van der Waals surface area (Å²) in [6, 6.07) is 51.3. The maximum absolute atomic E-state index is 14.6. The van der Waals surface area contributed by atoms with Crippen LogP contribution < -0.4 is 5.56 Å². The van der Waals surface area contributed by atoms with Gasteiger partial charge in [-0.2, -0.15) is 0 Å². The zero-order chi connectivity index (χ0) is 31.1. The maximum Gasteiger partial charge on any atom is 0.267 e. The van der Waals surface area contributed by atoms with Gasteiger partial charge in [0, 0.05) is 27.4 Å². The van der Waals surface area contributed by atoms with Gasteiger partial charge in [0.1, 0.15) is 11.3 Å². The molecule has 0 radical (unpaired) electrons. The topological polar surface area (TPSA) is 57.1 Å². The second-order valence-corrected chi connectivity index (χ2v) is 11.9. The Kier molecular flexibility index (Phi) is 5.33. The van der Waals surface area contributed by atoms with Gasteiger partial charge in [0.25, 0.3) is 5.56 Å². The summed E-state index contributed by atoms with van der Waals surface area (Å²) in [5.41, 5.74) is 8.74. The third kappa shape index (κ3) is 3.69. The molecule has 0 atom stereocenters. The monoisotopic (exact) mass is 603 g/mol. The van der Waals surface area contributed by atoms with E-state index in [9.17, 15) is 4.79 Å². The van der Waals surface area contributed by atoms with Crippen molar-refractivity contribution in [2.24, 2.45) is 0 Å². The molecule has 0 unspecified atom stereocenters. The third-order valence-corrected chi connectivity index (χ3v) is 9.22. The lowest BCUT2D eigenvalue weighted by molar-refractivity contribution is 0.962. The molecule has 0 saturated heterocycles. The molecule has 0 bridgehead atoms. The first-order valence-corrected chi connectivity index (χ1v) is 15.6. The van der Waals surface area contributed by atoms with Gasteiger partial charge in [0.15, 0.2) is 5.82 Å². The highest BCUT2D eigenvalue weighted by Crippen LogP contribution is 2.36. The number of nitrogens with zero attached hydrogens (tertiary/aromatic N) is 5. The number of fused-ring (bicyclic) bond motifs is 9. The lowest BCUT2D eigenvalue weighted by Crippen LogP contribution is -2.23. The molecule has 4 heterocycles. The van der Waals surface area contributed by atoms with Gasteiger partial charge in [-0.15, -0.1) is 0 Å². The number of aromatic nitrogens is 5. The first-order valence-electron chi connectivity index (χ1n) is 15.6. The molecule has 4 aromatic heterocycles. The van der Waals surface area contributed by atoms with Crippen LogP contribution in [0.3, 0.4) is 0 Å². The van der Waals surface area contributed by atoms with Crippen molar-refractivity contribution < 1.29 is 0 Å². The summed E-state index contributed by atoms with van der Waals surface area (Å²) in [5, 5.41) is 3.98. The molecule has 6 aromatic carbocycles. The summed E-state index contributed by atoms with van der Waals surface area (Å²) in [5.74, 6) is 0.494. The van der Waals surface area contributed by atoms with E-state index in [2.05, 4.69) is 93.9 Å². The second-order valence-electron chi connectivity index (χ2n) is 11.9. The Bertz CT molecular complexity index is 2930. The van der Waals surface area contributed by atoms with Crippen LogP contribution in [0.25, 0.3) is 83.1 Å². The van der Waals surface area contributed by atoms with E-state index in [1.807, 2.05) is 66.7 Å². The molecule has 0 fully saturated rings. The Labute approximate surface area is 268 Å². The SMILES string of the molecule is O=c1c2ccccc2n2c3ccccc3cc2n1-c1nc2ccccc2nc1-c1ccc2c3ccccc3n(-c3ccccc3)c2c1. The van der Waals surface area contributed by atoms with E-state index >= 15 is 0 Å². The number of para-hydroxylation sites is 6. The summed E-state index contributed by atoms with van der Waals surface area (Å²) in [7, 11) is 0. The normalized spacial score (nSPS) is 11.9. The Morgan fingerprint density at radius 2 is 1.11 bits per heavy atom. The van der Waals surface area contributed by atoms with Crippen LogP contribution in [0.2, 0.25) is 0 Å². The molecule has 0 aliphatic heterocycles. The van der Waals surface area contributed by atoms with E-state index in [-0.39, 0.29) is 5.56 Å². The number of rotatable bonds is 3. The van der Waals surface area contributed by atoms with Gasteiger partial charge in [-0.25, -0.2) is 14.5 Å². The van der Waals surface area contributed by atoms with Crippen LogP contribution in [0, 0.1) is 0 Å². The quantitative estimate of drug-likeness (QED) is 0.202. The summed E-state index contributed by atoms with van der Waals surface area (Å²) in [4.78, 5) is 25.0. The third-order valence-electron chi connectivity index (χ3n) is 9.22. The largest absolute Gasteiger partial charge is 0.309 e. The molecule has 10 rings (SSSR count). The van der Waals surface area contributed by atoms with Crippen molar-refractivity contribution in [3.05, 3.63) is 162 Å². The summed E-state index contributed by atoms with van der Waals surface area (Å²) in [6.07, 6.45) is 0. The molecule has 0 aliphatic carbocycles. The fraction of sp³-hybridized carbons (Fsp3) is 0. The Balaban J connectivity index is 1.35. The highest BCUT2D eigenvalue weighted by molar-refractivity contribution is 6.10. The average molecular weight is 604 g/mol. The summed E-state index contributed by atoms with van der Waals surface area (Å²) >= 11 is 0. The molecule has 6 nitrogen and oxygen atoms in total. The molecular weight excluding hydrogens is 578 g/mol. The molecule has 0 N–H and O–H groups in total. The zero-order valence-electron chi connectivity index (χ0n) is 25.1. The Hall–Kier alpha value is -6.53. The number of hydrogen-bond donors (Lipinski definition) is 0. The minimum Gasteiger partial charge on any atom is -0.309 e. The molecule has 0 spiro atoms. The predicted molar refractivity (Wildman–Crippen MR) is 191 cm³/mol. The highest BCUT2D eigenvalue weighted by Gasteiger charge is 2.22. The zero-order valence-corrected chi connectivity index (χ0v) is 25.1. The second kappa shape index (κ2) is 9.73. The van der Waals surface area contributed by atoms with Crippen molar-refractivity contribution in [2.45, 2.75) is 0 Å². The van der Waals surface area contributed by atoms with Crippen LogP contribution in [0.4, 0.5) is 0 Å². The van der Waals surface area contributed by atoms with Crippen LogP contribution in [0.5, 0.6) is 0 Å². The smallest absolute Gasteiger partial charge is 0.267 e. The van der Waals surface area contributed by atoms with E-state index in [1.165, 1.54) is 5.39 Å². The van der Waals surface area contributed by atoms with Gasteiger partial charge < -0.3 is 4.57 Å². The van der Waals surface area contributed by atoms with Crippen LogP contribution in [0.15, 0.2) is 156 Å². The van der Waals surface area contributed by atoms with Crippen LogP contribution >= 0.6 is 0 Å². The van der Waals surface area contributed by atoms with Gasteiger partial charge in [0.05, 0.1) is 38.5 Å². The number of benzene rings is 6. The van der Waals surface area contributed by atoms with Gasteiger partial charge in [-0.3, -0.25) is 9.20 Å². The predicted octanol–water partition coefficient (Wildman–Crippen LogP) is 9.10. The molecule has 10 aromatic rings. The first-order chi connectivity index (χ1) is 23.2. The minimum atomic E-state index is -0.138. The molecule has 220 valence electrons. The van der Waals surface area contributed by atoms with Crippen molar-refractivity contribution >= 4 is 60.3 Å². The average Bonchev–Trinajstić information content (AvgIpc) is 3.67. The van der Waals surface area contributed by atoms with Crippen LogP contribution in [-0.2, 0) is 0 Å². The van der Waals surface area contributed by atoms with E-state index < -0.39 is 0 Å². The van der Waals surface area contributed by atoms with Gasteiger partial charge in [0.2, 0.25) is 0 Å². The number of hydrogen-bond acceptors (Lipinski definition) is 3. The maximum atomic E-state index is 14.6. The summed E-state index contributed by atoms with van der Waals surface area (Å²) in [6.45, 7) is 0. The summed E-state index contributed by atoms with van der Waals surface area (Å²) < 4.78 is 6.19. The van der Waals surface area contributed by atoms with E-state index in [1.54, 1.807) is 4.57 Å². The minimum absolute atomic E-state index is 0.138. The van der Waals surface area contributed by atoms with E-state index in [4.69, 9.17) is 9.97 Å². The van der Waals surface area contributed by atoms with Gasteiger partial charge in [-0.05, 0) is 60.7 Å². The fourth-order valence-corrected chi connectivity index (χ4v) is 7.15. The van der Waals surface area contributed by atoms with Crippen molar-refractivity contribution in [1.82, 2.24) is 23.5 Å². The molecule has 0 amide bonds. The molecule has 0 aliphatic rings. The molecule has 6 heteroatoms. The molecule has 0 saturated carbocycles. The standard InChI is InChI=1S/C41H25N5O/c47-41-31-16-6-11-21-36(31)45-34-19-9-4-12-26(34)25-38(45)46(41)40-39(42-32-17-7-8-18-33(32)43-40)27-22-23-30-29-15-5-10-20-35(29)44(37(30)24-27)28-13-2-1-3-14-28/h1-25H. The molecule has 47 heavy (non-hydrogen) atoms. The van der Waals surface area contributed by atoms with Crippen molar-refractivity contribution in [3.63, 3.8) is 0 Å². The first kappa shape index (κ1) is 25.8. The fourth-order valence-electron chi connectivity index (χ4n) is 7.15. The van der Waals surface area contributed by atoms with Crippen molar-refractivity contribution in [3.8, 4) is 22.8 Å². The lowest BCUT2D eigenvalue weighted by atomic mass is 10.1. The Morgan fingerprint density at radius 3 is 1.94 bits per heavy atom.